The Kier molecular flexibility index (Phi) is 2.33. The number of carbonyl (C=O) groups excluding carboxylic acids is 1. The van der Waals surface area contributed by atoms with Crippen LogP contribution in [0.5, 0.6) is 5.75 Å². The first kappa shape index (κ1) is 10.3. The predicted molar refractivity (Wildman–Crippen MR) is 65.4 cm³/mol. The minimum atomic E-state index is -0.299. The Hall–Kier alpha value is -1.88. The van der Waals surface area contributed by atoms with Crippen LogP contribution < -0.4 is 10.1 Å². The van der Waals surface area contributed by atoms with E-state index in [2.05, 4.69) is 5.32 Å². The van der Waals surface area contributed by atoms with Crippen LogP contribution in [0.2, 0.25) is 0 Å². The van der Waals surface area contributed by atoms with Gasteiger partial charge in [-0.1, -0.05) is 6.07 Å². The van der Waals surface area contributed by atoms with Gasteiger partial charge in [0, 0.05) is 6.42 Å². The van der Waals surface area contributed by atoms with E-state index in [9.17, 15) is 4.79 Å². The number of thiocarbonyl (C=S) groups is 1. The second-order valence-electron chi connectivity index (χ2n) is 3.82. The molecule has 0 spiro atoms. The van der Waals surface area contributed by atoms with Gasteiger partial charge in [0.25, 0.3) is 11.1 Å². The Balaban J connectivity index is 1.93. The molecule has 0 atom stereocenters. The molecule has 1 amide bonds. The SMILES string of the molecule is O=C1NC(=S)OC1=Cc1ccc2c(c1)CCO2. The van der Waals surface area contributed by atoms with Crippen LogP contribution in [0.4, 0.5) is 0 Å². The maximum absolute atomic E-state index is 11.4. The molecule has 2 heterocycles. The Morgan fingerprint density at radius 2 is 2.29 bits per heavy atom. The number of fused-ring (bicyclic) bond motifs is 1. The largest absolute Gasteiger partial charge is 0.493 e. The maximum Gasteiger partial charge on any atom is 0.294 e. The first-order valence-electron chi connectivity index (χ1n) is 5.23. The molecule has 0 unspecified atom stereocenters. The van der Waals surface area contributed by atoms with Crippen molar-refractivity contribution >= 4 is 29.4 Å². The van der Waals surface area contributed by atoms with Gasteiger partial charge >= 0.3 is 0 Å². The molecule has 0 bridgehead atoms. The van der Waals surface area contributed by atoms with E-state index in [-0.39, 0.29) is 16.8 Å². The second kappa shape index (κ2) is 3.85. The van der Waals surface area contributed by atoms with Crippen molar-refractivity contribution in [1.82, 2.24) is 5.32 Å². The summed E-state index contributed by atoms with van der Waals surface area (Å²) < 4.78 is 10.5. The van der Waals surface area contributed by atoms with Gasteiger partial charge in [0.05, 0.1) is 6.61 Å². The number of benzene rings is 1. The van der Waals surface area contributed by atoms with Crippen LogP contribution in [0.1, 0.15) is 11.1 Å². The van der Waals surface area contributed by atoms with E-state index in [0.717, 1.165) is 29.9 Å². The number of carbonyl (C=O) groups is 1. The molecule has 5 heteroatoms. The summed E-state index contributed by atoms with van der Waals surface area (Å²) >= 11 is 4.75. The molecule has 2 aliphatic heterocycles. The van der Waals surface area contributed by atoms with Gasteiger partial charge in [-0.3, -0.25) is 10.1 Å². The van der Waals surface area contributed by atoms with Crippen LogP contribution in [0.25, 0.3) is 6.08 Å². The van der Waals surface area contributed by atoms with E-state index in [1.165, 1.54) is 0 Å². The Labute approximate surface area is 103 Å². The lowest BCUT2D eigenvalue weighted by molar-refractivity contribution is -0.116. The van der Waals surface area contributed by atoms with Crippen LogP contribution in [-0.2, 0) is 16.0 Å². The third-order valence-electron chi connectivity index (χ3n) is 2.65. The quantitative estimate of drug-likeness (QED) is 0.602. The van der Waals surface area contributed by atoms with Crippen molar-refractivity contribution in [3.05, 3.63) is 35.1 Å². The highest BCUT2D eigenvalue weighted by Crippen LogP contribution is 2.27. The summed E-state index contributed by atoms with van der Waals surface area (Å²) in [5, 5.41) is 2.52. The van der Waals surface area contributed by atoms with Gasteiger partial charge in [0.2, 0.25) is 0 Å². The number of ether oxygens (including phenoxy) is 2. The molecule has 1 fully saturated rings. The molecular weight excluding hydrogens is 238 g/mol. The minimum Gasteiger partial charge on any atom is -0.493 e. The summed E-state index contributed by atoms with van der Waals surface area (Å²) in [7, 11) is 0. The summed E-state index contributed by atoms with van der Waals surface area (Å²) in [6, 6.07) is 5.78. The Morgan fingerprint density at radius 1 is 1.41 bits per heavy atom. The Bertz CT molecular complexity index is 551. The van der Waals surface area contributed by atoms with E-state index in [0.29, 0.717) is 0 Å². The monoisotopic (exact) mass is 247 g/mol. The molecule has 4 nitrogen and oxygen atoms in total. The van der Waals surface area contributed by atoms with Crippen molar-refractivity contribution in [1.29, 1.82) is 0 Å². The van der Waals surface area contributed by atoms with Crippen molar-refractivity contribution < 1.29 is 14.3 Å². The van der Waals surface area contributed by atoms with Crippen LogP contribution in [0.15, 0.2) is 24.0 Å². The molecule has 17 heavy (non-hydrogen) atoms. The van der Waals surface area contributed by atoms with Crippen molar-refractivity contribution in [2.45, 2.75) is 6.42 Å². The van der Waals surface area contributed by atoms with E-state index in [4.69, 9.17) is 21.7 Å². The average Bonchev–Trinajstić information content (AvgIpc) is 2.85. The van der Waals surface area contributed by atoms with Gasteiger partial charge in [-0.15, -0.1) is 0 Å². The summed E-state index contributed by atoms with van der Waals surface area (Å²) in [6.07, 6.45) is 2.57. The number of amides is 1. The third kappa shape index (κ3) is 1.89. The molecule has 1 aromatic rings. The predicted octanol–water partition coefficient (Wildman–Crippen LogP) is 1.39. The fourth-order valence-electron chi connectivity index (χ4n) is 1.87. The molecular formula is C12H9NO3S. The number of rotatable bonds is 1. The second-order valence-corrected chi connectivity index (χ2v) is 4.19. The van der Waals surface area contributed by atoms with E-state index < -0.39 is 0 Å². The molecule has 0 aromatic heterocycles. The first-order chi connectivity index (χ1) is 8.22. The summed E-state index contributed by atoms with van der Waals surface area (Å²) in [5.74, 6) is 0.847. The van der Waals surface area contributed by atoms with Crippen LogP contribution in [0, 0.1) is 0 Å². The zero-order valence-electron chi connectivity index (χ0n) is 8.86. The van der Waals surface area contributed by atoms with Crippen molar-refractivity contribution in [2.75, 3.05) is 6.61 Å². The van der Waals surface area contributed by atoms with Gasteiger partial charge in [0.1, 0.15) is 5.75 Å². The summed E-state index contributed by atoms with van der Waals surface area (Å²) in [6.45, 7) is 0.719. The van der Waals surface area contributed by atoms with Crippen LogP contribution in [-0.4, -0.2) is 17.7 Å². The first-order valence-corrected chi connectivity index (χ1v) is 5.64. The summed E-state index contributed by atoms with van der Waals surface area (Å²) in [5.41, 5.74) is 2.06. The highest BCUT2D eigenvalue weighted by molar-refractivity contribution is 7.80. The highest BCUT2D eigenvalue weighted by Gasteiger charge is 2.23. The highest BCUT2D eigenvalue weighted by atomic mass is 32.1. The lowest BCUT2D eigenvalue weighted by Gasteiger charge is -2.00. The molecule has 86 valence electrons. The van der Waals surface area contributed by atoms with Crippen LogP contribution in [0.3, 0.4) is 0 Å². The number of nitrogens with one attached hydrogen (secondary N) is 1. The van der Waals surface area contributed by atoms with Crippen molar-refractivity contribution in [3.8, 4) is 5.75 Å². The van der Waals surface area contributed by atoms with Gasteiger partial charge in [-0.2, -0.15) is 0 Å². The lowest BCUT2D eigenvalue weighted by atomic mass is 10.1. The summed E-state index contributed by atoms with van der Waals surface area (Å²) in [4.78, 5) is 11.4. The van der Waals surface area contributed by atoms with Crippen LogP contribution >= 0.6 is 12.2 Å². The Morgan fingerprint density at radius 3 is 3.06 bits per heavy atom. The smallest absolute Gasteiger partial charge is 0.294 e. The molecule has 0 aliphatic carbocycles. The lowest BCUT2D eigenvalue weighted by Crippen LogP contribution is -2.18. The molecule has 1 saturated heterocycles. The minimum absolute atomic E-state index is 0.103. The zero-order valence-corrected chi connectivity index (χ0v) is 9.67. The van der Waals surface area contributed by atoms with Gasteiger partial charge in [0.15, 0.2) is 5.76 Å². The third-order valence-corrected chi connectivity index (χ3v) is 2.84. The zero-order chi connectivity index (χ0) is 11.8. The molecule has 2 aliphatic rings. The van der Waals surface area contributed by atoms with Gasteiger partial charge < -0.3 is 9.47 Å². The van der Waals surface area contributed by atoms with Gasteiger partial charge in [-0.05, 0) is 41.6 Å². The van der Waals surface area contributed by atoms with E-state index in [1.807, 2.05) is 18.2 Å². The standard InChI is InChI=1S/C12H9NO3S/c14-11-10(16-12(17)13-11)6-7-1-2-9-8(5-7)3-4-15-9/h1-2,5-6H,3-4H2,(H,13,14,17). The van der Waals surface area contributed by atoms with Crippen molar-refractivity contribution in [2.24, 2.45) is 0 Å². The molecule has 0 saturated carbocycles. The van der Waals surface area contributed by atoms with Crippen molar-refractivity contribution in [3.63, 3.8) is 0 Å². The topological polar surface area (TPSA) is 47.6 Å². The fraction of sp³-hybridized carbons (Fsp3) is 0.167. The van der Waals surface area contributed by atoms with Gasteiger partial charge in [-0.25, -0.2) is 0 Å². The van der Waals surface area contributed by atoms with E-state index in [1.54, 1.807) is 6.08 Å². The number of hydrogen-bond donors (Lipinski definition) is 1. The molecule has 1 aromatic carbocycles. The fourth-order valence-corrected chi connectivity index (χ4v) is 2.05. The normalized spacial score (nSPS) is 19.9. The molecule has 0 radical (unpaired) electrons. The average molecular weight is 247 g/mol. The molecule has 1 N–H and O–H groups in total. The van der Waals surface area contributed by atoms with E-state index >= 15 is 0 Å². The maximum atomic E-state index is 11.4. The number of hydrogen-bond acceptors (Lipinski definition) is 4. The molecule has 3 rings (SSSR count).